The van der Waals surface area contributed by atoms with Crippen molar-refractivity contribution in [3.8, 4) is 11.8 Å². The van der Waals surface area contributed by atoms with Gasteiger partial charge < -0.3 is 21.5 Å². The molecule has 0 aromatic rings. The lowest BCUT2D eigenvalue weighted by molar-refractivity contribution is -0.123. The Morgan fingerprint density at radius 3 is 2.58 bits per heavy atom. The number of amidine groups is 1. The maximum absolute atomic E-state index is 12.9. The van der Waals surface area contributed by atoms with Gasteiger partial charge in [0.05, 0.1) is 0 Å². The molecule has 2 rings (SSSR count). The van der Waals surface area contributed by atoms with Crippen molar-refractivity contribution in [3.63, 3.8) is 0 Å². The van der Waals surface area contributed by atoms with E-state index in [-0.39, 0.29) is 23.1 Å². The number of nitrogens with zero attached hydrogens (tertiary/aromatic N) is 3. The lowest BCUT2D eigenvalue weighted by Crippen LogP contribution is -2.43. The van der Waals surface area contributed by atoms with Crippen molar-refractivity contribution in [2.75, 3.05) is 40.3 Å². The Hall–Kier alpha value is -3.34. The lowest BCUT2D eigenvalue weighted by Gasteiger charge is -2.29. The average molecular weight is 568 g/mol. The molecule has 1 heterocycles. The SMILES string of the molecule is CC/C(C#CC1CC1)=C(\C=C(/N)NC(=O)N(C)C1=NC(C=O)=C(CN(CCNC)C(C)O)CC1)NCC(F)(F)F. The standard InChI is InChI=1S/C27H40F3N7O3/c1-5-20(9-8-19-6-7-19)22(33-17-27(28,29)30)14-24(31)35-26(40)36(4)25-11-10-21(23(16-38)34-25)15-37(18(2)39)13-12-32-3/h14,16,18-19,32-33,39H,5-7,10-13,15,17,31H2,1-4H3,(H,35,40)/b22-20-,24-14+. The highest BCUT2D eigenvalue weighted by molar-refractivity contribution is 6.00. The maximum atomic E-state index is 12.9. The van der Waals surface area contributed by atoms with Gasteiger partial charge in [-0.05, 0) is 45.2 Å². The molecular weight excluding hydrogens is 527 g/mol. The number of carbonyl (C=O) groups excluding carboxylic acids is 2. The molecule has 2 aliphatic rings. The number of aliphatic imine (C=N–C) groups is 1. The maximum Gasteiger partial charge on any atom is 0.405 e. The third kappa shape index (κ3) is 11.0. The van der Waals surface area contributed by atoms with Gasteiger partial charge in [0.15, 0.2) is 6.29 Å². The van der Waals surface area contributed by atoms with E-state index in [1.165, 1.54) is 18.0 Å². The third-order valence-corrected chi connectivity index (χ3v) is 6.35. The molecule has 1 atom stereocenters. The van der Waals surface area contributed by atoms with E-state index in [1.807, 2.05) is 0 Å². The zero-order chi connectivity index (χ0) is 29.9. The second-order valence-electron chi connectivity index (χ2n) is 9.69. The number of aliphatic hydroxyl groups is 1. The summed E-state index contributed by atoms with van der Waals surface area (Å²) in [5, 5.41) is 17.9. The minimum absolute atomic E-state index is 0.0835. The largest absolute Gasteiger partial charge is 0.405 e. The number of aliphatic hydroxyl groups excluding tert-OH is 1. The van der Waals surface area contributed by atoms with E-state index < -0.39 is 25.0 Å². The summed E-state index contributed by atoms with van der Waals surface area (Å²) < 4.78 is 38.7. The number of hydrogen-bond donors (Lipinski definition) is 5. The molecule has 6 N–H and O–H groups in total. The van der Waals surface area contributed by atoms with E-state index in [1.54, 1.807) is 25.8 Å². The number of allylic oxidation sites excluding steroid dienone is 3. The lowest BCUT2D eigenvalue weighted by atomic mass is 10.0. The van der Waals surface area contributed by atoms with E-state index in [0.29, 0.717) is 56.6 Å². The molecule has 1 saturated carbocycles. The fraction of sp³-hybridized carbons (Fsp3) is 0.593. The molecule has 1 fully saturated rings. The first-order chi connectivity index (χ1) is 18.9. The van der Waals surface area contributed by atoms with Crippen molar-refractivity contribution in [1.82, 2.24) is 25.8 Å². The number of amides is 2. The monoisotopic (exact) mass is 567 g/mol. The predicted molar refractivity (Wildman–Crippen MR) is 147 cm³/mol. The van der Waals surface area contributed by atoms with E-state index in [9.17, 15) is 27.9 Å². The Morgan fingerprint density at radius 2 is 2.02 bits per heavy atom. The van der Waals surface area contributed by atoms with E-state index in [4.69, 9.17) is 5.73 Å². The molecule has 40 heavy (non-hydrogen) atoms. The minimum Gasteiger partial charge on any atom is -0.385 e. The van der Waals surface area contributed by atoms with Gasteiger partial charge in [0.1, 0.15) is 30.1 Å². The third-order valence-electron chi connectivity index (χ3n) is 6.35. The molecular formula is C27H40F3N7O3. The Kier molecular flexibility index (Phi) is 12.7. The number of carbonyl (C=O) groups is 2. The topological polar surface area (TPSA) is 135 Å². The van der Waals surface area contributed by atoms with Gasteiger partial charge >= 0.3 is 12.2 Å². The van der Waals surface area contributed by atoms with Crippen LogP contribution in [0, 0.1) is 17.8 Å². The van der Waals surface area contributed by atoms with E-state index >= 15 is 0 Å². The number of rotatable bonds is 12. The van der Waals surface area contributed by atoms with E-state index in [2.05, 4.69) is 32.8 Å². The van der Waals surface area contributed by atoms with Gasteiger partial charge in [0, 0.05) is 56.4 Å². The predicted octanol–water partition coefficient (Wildman–Crippen LogP) is 2.16. The average Bonchev–Trinajstić information content (AvgIpc) is 3.73. The number of urea groups is 1. The Labute approximate surface area is 233 Å². The molecule has 1 unspecified atom stereocenters. The molecule has 0 aromatic carbocycles. The van der Waals surface area contributed by atoms with Crippen molar-refractivity contribution in [3.05, 3.63) is 34.4 Å². The summed E-state index contributed by atoms with van der Waals surface area (Å²) >= 11 is 0. The van der Waals surface area contributed by atoms with Gasteiger partial charge in [0.2, 0.25) is 0 Å². The zero-order valence-electron chi connectivity index (χ0n) is 23.5. The molecule has 1 aliphatic heterocycles. The summed E-state index contributed by atoms with van der Waals surface area (Å²) in [5.74, 6) is 6.38. The molecule has 10 nitrogen and oxygen atoms in total. The molecule has 1 aliphatic carbocycles. The molecule has 0 spiro atoms. The summed E-state index contributed by atoms with van der Waals surface area (Å²) in [6, 6.07) is -0.668. The first kappa shape index (κ1) is 32.9. The van der Waals surface area contributed by atoms with E-state index in [0.717, 1.165) is 18.4 Å². The second kappa shape index (κ2) is 15.4. The summed E-state index contributed by atoms with van der Waals surface area (Å²) in [6.45, 7) is 3.70. The highest BCUT2D eigenvalue weighted by atomic mass is 19.4. The van der Waals surface area contributed by atoms with Gasteiger partial charge in [-0.3, -0.25) is 19.9 Å². The first-order valence-electron chi connectivity index (χ1n) is 13.3. The van der Waals surface area contributed by atoms with Crippen LogP contribution in [0.4, 0.5) is 18.0 Å². The fourth-order valence-electron chi connectivity index (χ4n) is 3.80. The van der Waals surface area contributed by atoms with Crippen LogP contribution >= 0.6 is 0 Å². The summed E-state index contributed by atoms with van der Waals surface area (Å²) in [5.41, 5.74) is 7.46. The number of halogens is 3. The highest BCUT2D eigenvalue weighted by Gasteiger charge is 2.28. The molecule has 0 radical (unpaired) electrons. The Bertz CT molecular complexity index is 1100. The van der Waals surface area contributed by atoms with Crippen molar-refractivity contribution in [2.24, 2.45) is 16.6 Å². The van der Waals surface area contributed by atoms with Crippen LogP contribution in [-0.4, -0.2) is 85.7 Å². The van der Waals surface area contributed by atoms with Gasteiger partial charge in [0.25, 0.3) is 0 Å². The quantitative estimate of drug-likeness (QED) is 0.106. The van der Waals surface area contributed by atoms with Crippen LogP contribution in [0.15, 0.2) is 39.4 Å². The van der Waals surface area contributed by atoms with Gasteiger partial charge in [-0.2, -0.15) is 13.2 Å². The number of alkyl halides is 3. The first-order valence-corrected chi connectivity index (χ1v) is 13.3. The van der Waals surface area contributed by atoms with Crippen molar-refractivity contribution in [2.45, 2.75) is 58.4 Å². The van der Waals surface area contributed by atoms with Gasteiger partial charge in [-0.25, -0.2) is 9.79 Å². The molecule has 0 bridgehead atoms. The number of hydrogen-bond acceptors (Lipinski definition) is 8. The molecule has 0 saturated heterocycles. The minimum atomic E-state index is -4.46. The fourth-order valence-corrected chi connectivity index (χ4v) is 3.80. The van der Waals surface area contributed by atoms with Crippen LogP contribution in [0.5, 0.6) is 0 Å². The van der Waals surface area contributed by atoms with Crippen LogP contribution < -0.4 is 21.7 Å². The normalized spacial score (nSPS) is 17.4. The number of aldehydes is 1. The van der Waals surface area contributed by atoms with Gasteiger partial charge in [-0.15, -0.1) is 0 Å². The van der Waals surface area contributed by atoms with Gasteiger partial charge in [-0.1, -0.05) is 18.8 Å². The summed E-state index contributed by atoms with van der Waals surface area (Å²) in [4.78, 5) is 32.0. The van der Waals surface area contributed by atoms with Crippen molar-refractivity contribution >= 4 is 18.2 Å². The molecule has 0 aromatic heterocycles. The smallest absolute Gasteiger partial charge is 0.385 e. The second-order valence-corrected chi connectivity index (χ2v) is 9.69. The molecule has 2 amide bonds. The number of likely N-dealkylation sites (N-methyl/N-ethyl adjacent to an activating group) is 1. The highest BCUT2D eigenvalue weighted by Crippen LogP contribution is 2.28. The number of nitrogens with one attached hydrogen (secondary N) is 3. The van der Waals surface area contributed by atoms with Crippen LogP contribution in [0.25, 0.3) is 0 Å². The summed E-state index contributed by atoms with van der Waals surface area (Å²) in [7, 11) is 3.26. The van der Waals surface area contributed by atoms with Crippen molar-refractivity contribution < 1.29 is 27.9 Å². The van der Waals surface area contributed by atoms with Crippen molar-refractivity contribution in [1.29, 1.82) is 0 Å². The Balaban J connectivity index is 2.20. The number of nitrogens with two attached hydrogens (primary N) is 1. The Morgan fingerprint density at radius 1 is 1.32 bits per heavy atom. The van der Waals surface area contributed by atoms with Crippen LogP contribution in [-0.2, 0) is 4.79 Å². The summed E-state index contributed by atoms with van der Waals surface area (Å²) in [6.07, 6.45) is -0.216. The van der Waals surface area contributed by atoms with Crippen LogP contribution in [0.2, 0.25) is 0 Å². The zero-order valence-corrected chi connectivity index (χ0v) is 23.5. The molecule has 13 heteroatoms. The van der Waals surface area contributed by atoms with Crippen LogP contribution in [0.3, 0.4) is 0 Å². The van der Waals surface area contributed by atoms with Crippen LogP contribution in [0.1, 0.15) is 46.0 Å². The molecule has 222 valence electrons.